The Kier molecular flexibility index (Phi) is 20.0. The zero-order valence-corrected chi connectivity index (χ0v) is 29.3. The molecule has 0 aliphatic heterocycles. The van der Waals surface area contributed by atoms with Crippen LogP contribution in [-0.2, 0) is 0 Å². The maximum Gasteiger partial charge on any atom is 0.0594 e. The average Bonchev–Trinajstić information content (AvgIpc) is 2.98. The van der Waals surface area contributed by atoms with E-state index in [0.29, 0.717) is 0 Å². The first-order valence-corrected chi connectivity index (χ1v) is 20.1. The second-order valence-corrected chi connectivity index (χ2v) is 17.5. The van der Waals surface area contributed by atoms with Crippen molar-refractivity contribution in [2.24, 2.45) is 0 Å². The lowest BCUT2D eigenvalue weighted by Gasteiger charge is -2.42. The zero-order valence-electron chi connectivity index (χ0n) is 28.4. The van der Waals surface area contributed by atoms with E-state index in [4.69, 9.17) is 0 Å². The maximum atomic E-state index is 2.39. The van der Waals surface area contributed by atoms with Crippen molar-refractivity contribution in [2.75, 3.05) is 24.6 Å². The van der Waals surface area contributed by atoms with Crippen LogP contribution in [0.2, 0.25) is 12.6 Å². The second kappa shape index (κ2) is 21.6. The van der Waals surface area contributed by atoms with E-state index in [2.05, 4.69) is 104 Å². The summed E-state index contributed by atoms with van der Waals surface area (Å²) in [5.74, 6) is 0. The van der Waals surface area contributed by atoms with Crippen molar-refractivity contribution < 1.29 is 0 Å². The van der Waals surface area contributed by atoms with E-state index in [0.717, 1.165) is 0 Å². The van der Waals surface area contributed by atoms with Crippen LogP contribution < -0.4 is 10.9 Å². The summed E-state index contributed by atoms with van der Waals surface area (Å²) in [7, 11) is -0.562. The van der Waals surface area contributed by atoms with Gasteiger partial charge in [0.15, 0.2) is 0 Å². The molecule has 0 atom stereocenters. The van der Waals surface area contributed by atoms with Crippen molar-refractivity contribution in [1.82, 2.24) is 0 Å². The van der Waals surface area contributed by atoms with E-state index in [1.165, 1.54) is 101 Å². The first kappa shape index (κ1) is 37.0. The van der Waals surface area contributed by atoms with Crippen LogP contribution in [0.4, 0.5) is 0 Å². The summed E-state index contributed by atoms with van der Waals surface area (Å²) >= 11 is 0. The zero-order chi connectivity index (χ0) is 29.7. The molecule has 228 valence electrons. The summed E-state index contributed by atoms with van der Waals surface area (Å²) in [4.78, 5) is 0. The summed E-state index contributed by atoms with van der Waals surface area (Å²) in [6, 6.07) is 18.7. The molecule has 0 bridgehead atoms. The fraction of sp³-hybridized carbons (Fsp3) is 0.684. The molecule has 0 saturated carbocycles. The summed E-state index contributed by atoms with van der Waals surface area (Å²) in [6.45, 7) is 18.4. The van der Waals surface area contributed by atoms with Gasteiger partial charge in [0.05, 0.1) is 30.8 Å². The summed E-state index contributed by atoms with van der Waals surface area (Å²) in [5.41, 5.74) is 5.82. The lowest BCUT2D eigenvalue weighted by Crippen LogP contribution is -2.58. The van der Waals surface area contributed by atoms with Crippen molar-refractivity contribution in [3.63, 3.8) is 0 Å². The molecule has 0 amide bonds. The molecule has 2 rings (SSSR count). The molecule has 0 aliphatic rings. The molecule has 0 unspecified atom stereocenters. The van der Waals surface area contributed by atoms with Crippen LogP contribution in [0.1, 0.15) is 130 Å². The van der Waals surface area contributed by atoms with Crippen LogP contribution in [0.15, 0.2) is 48.5 Å². The number of benzene rings is 2. The predicted octanol–water partition coefficient (Wildman–Crippen LogP) is 11.7. The Labute approximate surface area is 253 Å². The normalized spacial score (nSPS) is 11.8. The third-order valence-corrected chi connectivity index (χ3v) is 14.5. The Morgan fingerprint density at radius 2 is 0.700 bits per heavy atom. The molecular weight excluding hydrogens is 498 g/mol. The monoisotopic (exact) mass is 567 g/mol. The average molecular weight is 567 g/mol. The van der Waals surface area contributed by atoms with Crippen LogP contribution in [0.25, 0.3) is 0 Å². The quantitative estimate of drug-likeness (QED) is 0.110. The molecule has 0 fully saturated rings. The number of aryl methyl sites for hydroxylation is 2. The Balaban J connectivity index is 0.000000421. The first-order chi connectivity index (χ1) is 19.4. The van der Waals surface area contributed by atoms with E-state index >= 15 is 0 Å². The minimum Gasteiger partial charge on any atom is -0.205 e. The molecule has 0 aromatic heterocycles. The molecule has 0 nitrogen and oxygen atoms in total. The maximum absolute atomic E-state index is 2.39. The van der Waals surface area contributed by atoms with E-state index in [1.54, 1.807) is 35.6 Å². The van der Waals surface area contributed by atoms with Crippen LogP contribution in [-0.4, -0.2) is 30.8 Å². The van der Waals surface area contributed by atoms with Gasteiger partial charge in [0.25, 0.3) is 0 Å². The lowest BCUT2D eigenvalue weighted by atomic mass is 9.15. The molecule has 40 heavy (non-hydrogen) atoms. The van der Waals surface area contributed by atoms with E-state index in [-0.39, 0.29) is 0 Å². The summed E-state index contributed by atoms with van der Waals surface area (Å²) in [5, 5.41) is 0. The van der Waals surface area contributed by atoms with Gasteiger partial charge in [-0.1, -0.05) is 153 Å². The number of hydrogen-bond donors (Lipinski definition) is 0. The smallest absolute Gasteiger partial charge is 0.0594 e. The minimum atomic E-state index is -0.640. The fourth-order valence-electron chi connectivity index (χ4n) is 6.62. The van der Waals surface area contributed by atoms with Crippen molar-refractivity contribution in [3.05, 3.63) is 59.7 Å². The highest BCUT2D eigenvalue weighted by Crippen LogP contribution is 2.61. The van der Waals surface area contributed by atoms with Gasteiger partial charge < -0.3 is 0 Å². The highest BCUT2D eigenvalue weighted by Gasteiger charge is 2.34. The van der Waals surface area contributed by atoms with Crippen molar-refractivity contribution >= 4 is 24.3 Å². The Hall–Kier alpha value is -1.07. The van der Waals surface area contributed by atoms with Crippen LogP contribution >= 0.6 is 7.26 Å². The van der Waals surface area contributed by atoms with Gasteiger partial charge in [-0.15, -0.1) is 0 Å². The van der Waals surface area contributed by atoms with E-state index < -0.39 is 13.4 Å². The third kappa shape index (κ3) is 12.8. The minimum absolute atomic E-state index is 0.562. The van der Waals surface area contributed by atoms with E-state index in [9.17, 15) is 0 Å². The fourth-order valence-corrected chi connectivity index (χ4v) is 11.9. The molecule has 2 aromatic carbocycles. The molecule has 0 aliphatic carbocycles. The molecule has 0 saturated heterocycles. The Morgan fingerprint density at radius 1 is 0.425 bits per heavy atom. The van der Waals surface area contributed by atoms with Crippen molar-refractivity contribution in [2.45, 2.75) is 145 Å². The van der Waals surface area contributed by atoms with Crippen molar-refractivity contribution in [1.29, 1.82) is 0 Å². The Morgan fingerprint density at radius 3 is 0.950 bits per heavy atom. The second-order valence-electron chi connectivity index (χ2n) is 13.0. The van der Waals surface area contributed by atoms with E-state index in [1.807, 2.05) is 0 Å². The van der Waals surface area contributed by atoms with Gasteiger partial charge in [0.2, 0.25) is 0 Å². The molecule has 2 heteroatoms. The molecule has 0 N–H and O–H groups in total. The molecular formula is C38H68BP. The number of hydrogen-bond acceptors (Lipinski definition) is 0. The predicted molar refractivity (Wildman–Crippen MR) is 193 cm³/mol. The van der Waals surface area contributed by atoms with Gasteiger partial charge >= 0.3 is 0 Å². The van der Waals surface area contributed by atoms with Gasteiger partial charge in [-0.05, 0) is 39.5 Å². The molecule has 2 aromatic rings. The summed E-state index contributed by atoms with van der Waals surface area (Å²) < 4.78 is 0. The van der Waals surface area contributed by atoms with Crippen LogP contribution in [0.3, 0.4) is 0 Å². The standard InChI is InChI=1S/C22H32B.C16H36P/c1-5-7-17-23(18-8-6-2,21-13-9-19(3)10-14-21)22-15-11-20(4)12-16-22;1-5-9-13-17(14-10-6-2,15-11-7-3)16-12-8-4/h9-16H,5-8,17-18H2,1-4H3;5-16H2,1-4H3/q-1;+1. The SMILES string of the molecule is CCCC[B-](CCCC)(c1ccc(C)cc1)c1ccc(C)cc1.CCCC[P+](CCCC)(CCCC)CCCC. The Bertz CT molecular complexity index is 761. The van der Waals surface area contributed by atoms with Gasteiger partial charge in [0, 0.05) is 7.26 Å². The van der Waals surface area contributed by atoms with Crippen LogP contribution in [0.5, 0.6) is 0 Å². The summed E-state index contributed by atoms with van der Waals surface area (Å²) in [6.07, 6.45) is 25.1. The molecule has 0 radical (unpaired) electrons. The largest absolute Gasteiger partial charge is 0.205 e. The van der Waals surface area contributed by atoms with Gasteiger partial charge in [-0.3, -0.25) is 0 Å². The molecule has 0 spiro atoms. The first-order valence-electron chi connectivity index (χ1n) is 17.5. The third-order valence-electron chi connectivity index (χ3n) is 9.48. The molecule has 0 heterocycles. The number of rotatable bonds is 20. The number of unbranched alkanes of at least 4 members (excludes halogenated alkanes) is 6. The lowest BCUT2D eigenvalue weighted by molar-refractivity contribution is 0.814. The highest BCUT2D eigenvalue weighted by molar-refractivity contribution is 7.75. The topological polar surface area (TPSA) is 0 Å². The van der Waals surface area contributed by atoms with Gasteiger partial charge in [-0.2, -0.15) is 12.6 Å². The van der Waals surface area contributed by atoms with Crippen molar-refractivity contribution in [3.8, 4) is 0 Å². The van der Waals surface area contributed by atoms with Gasteiger partial charge in [-0.25, -0.2) is 10.9 Å². The highest BCUT2D eigenvalue weighted by atomic mass is 31.2. The van der Waals surface area contributed by atoms with Gasteiger partial charge in [0.1, 0.15) is 0 Å². The van der Waals surface area contributed by atoms with Crippen LogP contribution in [0, 0.1) is 13.8 Å².